The van der Waals surface area contributed by atoms with Crippen molar-refractivity contribution >= 4 is 33.4 Å². The third kappa shape index (κ3) is 3.49. The van der Waals surface area contributed by atoms with E-state index in [0.29, 0.717) is 10.3 Å². The number of anilines is 3. The number of nitrogen functional groups attached to an aromatic ring is 1. The number of halogens is 4. The third-order valence-corrected chi connectivity index (χ3v) is 3.44. The fraction of sp³-hybridized carbons (Fsp3) is 0.286. The van der Waals surface area contributed by atoms with E-state index in [9.17, 15) is 13.2 Å². The van der Waals surface area contributed by atoms with Crippen LogP contribution in [0.25, 0.3) is 0 Å². The zero-order valence-electron chi connectivity index (χ0n) is 11.9. The molecule has 0 unspecified atom stereocenters. The van der Waals surface area contributed by atoms with E-state index >= 15 is 0 Å². The summed E-state index contributed by atoms with van der Waals surface area (Å²) in [5, 5.41) is 0. The number of nitrogens with zero attached hydrogens (tertiary/aromatic N) is 3. The van der Waals surface area contributed by atoms with Gasteiger partial charge >= 0.3 is 6.18 Å². The smallest absolute Gasteiger partial charge is 0.368 e. The molecule has 0 saturated carbocycles. The van der Waals surface area contributed by atoms with Gasteiger partial charge in [-0.3, -0.25) is 0 Å². The fourth-order valence-corrected chi connectivity index (χ4v) is 2.47. The molecule has 22 heavy (non-hydrogen) atoms. The van der Waals surface area contributed by atoms with Gasteiger partial charge in [-0.2, -0.15) is 18.2 Å². The lowest BCUT2D eigenvalue weighted by molar-refractivity contribution is -0.137. The molecular formula is C14H14BrF3N4. The molecule has 0 aliphatic rings. The second-order valence-corrected chi connectivity index (χ2v) is 5.81. The van der Waals surface area contributed by atoms with E-state index in [-0.39, 0.29) is 17.7 Å². The van der Waals surface area contributed by atoms with Crippen LogP contribution in [-0.2, 0) is 6.18 Å². The summed E-state index contributed by atoms with van der Waals surface area (Å²) < 4.78 is 40.4. The van der Waals surface area contributed by atoms with E-state index in [0.717, 1.165) is 6.07 Å². The van der Waals surface area contributed by atoms with Crippen molar-refractivity contribution in [2.45, 2.75) is 26.1 Å². The summed E-state index contributed by atoms with van der Waals surface area (Å²) in [5.41, 5.74) is 4.82. The van der Waals surface area contributed by atoms with Crippen molar-refractivity contribution in [1.29, 1.82) is 0 Å². The van der Waals surface area contributed by atoms with Gasteiger partial charge in [0.1, 0.15) is 5.82 Å². The molecule has 0 radical (unpaired) electrons. The van der Waals surface area contributed by atoms with Crippen LogP contribution in [0.3, 0.4) is 0 Å². The molecule has 0 spiro atoms. The molecule has 1 aromatic heterocycles. The van der Waals surface area contributed by atoms with Crippen LogP contribution in [0.2, 0.25) is 0 Å². The molecule has 1 heterocycles. The number of hydrogen-bond donors (Lipinski definition) is 1. The zero-order valence-corrected chi connectivity index (χ0v) is 13.5. The minimum absolute atomic E-state index is 0.00817. The van der Waals surface area contributed by atoms with Gasteiger partial charge in [0.2, 0.25) is 5.95 Å². The Morgan fingerprint density at radius 2 is 1.91 bits per heavy atom. The zero-order chi connectivity index (χ0) is 16.5. The summed E-state index contributed by atoms with van der Waals surface area (Å²) in [5.74, 6) is 0.323. The summed E-state index contributed by atoms with van der Waals surface area (Å²) >= 11 is 3.08. The normalized spacial score (nSPS) is 11.8. The largest absolute Gasteiger partial charge is 0.418 e. The molecule has 1 aromatic carbocycles. The van der Waals surface area contributed by atoms with E-state index in [2.05, 4.69) is 25.9 Å². The van der Waals surface area contributed by atoms with Crippen molar-refractivity contribution in [2.75, 3.05) is 10.6 Å². The number of nitrogens with two attached hydrogens (primary N) is 1. The number of aromatic nitrogens is 2. The van der Waals surface area contributed by atoms with Gasteiger partial charge in [0.15, 0.2) is 0 Å². The van der Waals surface area contributed by atoms with Crippen LogP contribution in [0, 0.1) is 0 Å². The third-order valence-electron chi connectivity index (χ3n) is 2.95. The van der Waals surface area contributed by atoms with E-state index in [4.69, 9.17) is 5.73 Å². The van der Waals surface area contributed by atoms with Gasteiger partial charge in [-0.25, -0.2) is 4.98 Å². The quantitative estimate of drug-likeness (QED) is 0.865. The highest BCUT2D eigenvalue weighted by molar-refractivity contribution is 9.10. The average Bonchev–Trinajstić information content (AvgIpc) is 2.39. The van der Waals surface area contributed by atoms with Gasteiger partial charge in [-0.1, -0.05) is 15.9 Å². The number of benzene rings is 1. The first-order chi connectivity index (χ1) is 10.2. The Labute approximate surface area is 134 Å². The Hall–Kier alpha value is -1.83. The summed E-state index contributed by atoms with van der Waals surface area (Å²) in [4.78, 5) is 9.28. The Kier molecular flexibility index (Phi) is 4.60. The molecule has 0 aliphatic carbocycles. The van der Waals surface area contributed by atoms with Gasteiger partial charge in [-0.05, 0) is 38.1 Å². The lowest BCUT2D eigenvalue weighted by atomic mass is 10.1. The van der Waals surface area contributed by atoms with Crippen molar-refractivity contribution in [2.24, 2.45) is 0 Å². The maximum absolute atomic E-state index is 13.3. The van der Waals surface area contributed by atoms with Crippen molar-refractivity contribution in [3.63, 3.8) is 0 Å². The van der Waals surface area contributed by atoms with Crippen LogP contribution in [-0.4, -0.2) is 16.0 Å². The Balaban J connectivity index is 2.64. The average molecular weight is 375 g/mol. The van der Waals surface area contributed by atoms with Gasteiger partial charge in [-0.15, -0.1) is 0 Å². The molecular weight excluding hydrogens is 361 g/mol. The molecule has 0 bridgehead atoms. The minimum Gasteiger partial charge on any atom is -0.368 e. The molecule has 2 N–H and O–H groups in total. The molecule has 0 amide bonds. The van der Waals surface area contributed by atoms with Crippen LogP contribution in [0.1, 0.15) is 19.4 Å². The Morgan fingerprint density at radius 3 is 2.45 bits per heavy atom. The molecule has 2 rings (SSSR count). The van der Waals surface area contributed by atoms with Crippen LogP contribution >= 0.6 is 15.9 Å². The second kappa shape index (κ2) is 6.12. The second-order valence-electron chi connectivity index (χ2n) is 4.90. The number of hydrogen-bond acceptors (Lipinski definition) is 4. The molecule has 0 saturated heterocycles. The van der Waals surface area contributed by atoms with Gasteiger partial charge in [0.05, 0.1) is 11.3 Å². The standard InChI is InChI=1S/C14H14BrF3N4/c1-8(2)22(12-5-6-20-13(19)21-12)11-4-3-9(15)7-10(11)14(16,17)18/h3-8H,1-2H3,(H2,19,20,21). The summed E-state index contributed by atoms with van der Waals surface area (Å²) in [7, 11) is 0. The number of alkyl halides is 3. The summed E-state index contributed by atoms with van der Waals surface area (Å²) in [6.07, 6.45) is -3.07. The first kappa shape index (κ1) is 16.5. The Morgan fingerprint density at radius 1 is 1.23 bits per heavy atom. The monoisotopic (exact) mass is 374 g/mol. The topological polar surface area (TPSA) is 55.0 Å². The molecule has 4 nitrogen and oxygen atoms in total. The maximum Gasteiger partial charge on any atom is 0.418 e. The predicted molar refractivity (Wildman–Crippen MR) is 82.9 cm³/mol. The van der Waals surface area contributed by atoms with Gasteiger partial charge in [0.25, 0.3) is 0 Å². The van der Waals surface area contributed by atoms with Crippen LogP contribution in [0.15, 0.2) is 34.9 Å². The van der Waals surface area contributed by atoms with E-state index < -0.39 is 11.7 Å². The van der Waals surface area contributed by atoms with E-state index in [1.54, 1.807) is 19.9 Å². The van der Waals surface area contributed by atoms with Crippen LogP contribution in [0.4, 0.5) is 30.6 Å². The first-order valence-electron chi connectivity index (χ1n) is 6.44. The lowest BCUT2D eigenvalue weighted by Gasteiger charge is -2.30. The summed E-state index contributed by atoms with van der Waals surface area (Å²) in [6.45, 7) is 3.56. The molecule has 2 aromatic rings. The molecule has 0 fully saturated rings. The predicted octanol–water partition coefficient (Wildman–Crippen LogP) is 4.39. The number of rotatable bonds is 3. The fourth-order valence-electron chi connectivity index (χ4n) is 2.11. The molecule has 0 aliphatic heterocycles. The van der Waals surface area contributed by atoms with Crippen molar-refractivity contribution in [1.82, 2.24) is 9.97 Å². The molecule has 8 heteroatoms. The summed E-state index contributed by atoms with van der Waals surface area (Å²) in [6, 6.07) is 5.29. The highest BCUT2D eigenvalue weighted by Crippen LogP contribution is 2.41. The molecule has 118 valence electrons. The minimum atomic E-state index is -4.48. The van der Waals surface area contributed by atoms with E-state index in [1.807, 2.05) is 0 Å². The highest BCUT2D eigenvalue weighted by atomic mass is 79.9. The van der Waals surface area contributed by atoms with Gasteiger partial charge in [0, 0.05) is 16.7 Å². The Bertz CT molecular complexity index is 673. The van der Waals surface area contributed by atoms with Crippen molar-refractivity contribution in [3.8, 4) is 0 Å². The van der Waals surface area contributed by atoms with E-state index in [1.165, 1.54) is 23.2 Å². The maximum atomic E-state index is 13.3. The highest BCUT2D eigenvalue weighted by Gasteiger charge is 2.36. The van der Waals surface area contributed by atoms with Crippen LogP contribution < -0.4 is 10.6 Å². The van der Waals surface area contributed by atoms with Crippen LogP contribution in [0.5, 0.6) is 0 Å². The SMILES string of the molecule is CC(C)N(c1ccnc(N)n1)c1ccc(Br)cc1C(F)(F)F. The molecule has 0 atom stereocenters. The lowest BCUT2D eigenvalue weighted by Crippen LogP contribution is -2.29. The first-order valence-corrected chi connectivity index (χ1v) is 7.24. The van der Waals surface area contributed by atoms with Gasteiger partial charge < -0.3 is 10.6 Å². The van der Waals surface area contributed by atoms with Crippen molar-refractivity contribution in [3.05, 3.63) is 40.5 Å². The van der Waals surface area contributed by atoms with Crippen molar-refractivity contribution < 1.29 is 13.2 Å².